The van der Waals surface area contributed by atoms with Crippen molar-refractivity contribution in [2.75, 3.05) is 32.0 Å². The molecule has 0 aliphatic carbocycles. The van der Waals surface area contributed by atoms with Crippen LogP contribution in [0.4, 0.5) is 11.6 Å². The first-order chi connectivity index (χ1) is 17.5. The van der Waals surface area contributed by atoms with Crippen molar-refractivity contribution in [2.24, 2.45) is 9.98 Å². The second-order valence-corrected chi connectivity index (χ2v) is 8.94. The number of aliphatic imine (C=N–C) groups is 2. The van der Waals surface area contributed by atoms with E-state index in [0.717, 1.165) is 30.6 Å². The van der Waals surface area contributed by atoms with E-state index in [4.69, 9.17) is 0 Å². The van der Waals surface area contributed by atoms with Gasteiger partial charge in [0.15, 0.2) is 5.84 Å². The minimum Gasteiger partial charge on any atom is -0.390 e. The lowest BCUT2D eigenvalue weighted by Gasteiger charge is -2.30. The minimum absolute atomic E-state index is 0.113. The van der Waals surface area contributed by atoms with Crippen molar-refractivity contribution in [2.45, 2.75) is 32.5 Å². The summed E-state index contributed by atoms with van der Waals surface area (Å²) in [5.74, 6) is 1.57. The molecule has 4 rings (SSSR count). The lowest BCUT2D eigenvalue weighted by molar-refractivity contribution is -0.121. The van der Waals surface area contributed by atoms with Crippen LogP contribution in [0.15, 0.2) is 64.8 Å². The highest BCUT2D eigenvalue weighted by Crippen LogP contribution is 2.22. The first-order valence-corrected chi connectivity index (χ1v) is 12.1. The molecule has 3 aromatic rings. The molecule has 2 aromatic heterocycles. The number of aliphatic hydroxyl groups excluding tert-OH is 1. The quantitative estimate of drug-likeness (QED) is 0.318. The predicted octanol–water partition coefficient (Wildman–Crippen LogP) is 2.55. The largest absolute Gasteiger partial charge is 0.390 e. The molecule has 0 spiro atoms. The average Bonchev–Trinajstić information content (AvgIpc) is 3.24. The Morgan fingerprint density at radius 3 is 2.83 bits per heavy atom. The van der Waals surface area contributed by atoms with E-state index in [0.29, 0.717) is 30.6 Å². The van der Waals surface area contributed by atoms with Gasteiger partial charge in [-0.25, -0.2) is 15.0 Å². The summed E-state index contributed by atoms with van der Waals surface area (Å²) in [4.78, 5) is 27.3. The summed E-state index contributed by atoms with van der Waals surface area (Å²) in [7, 11) is 1.60. The van der Waals surface area contributed by atoms with Crippen LogP contribution in [-0.2, 0) is 24.3 Å². The zero-order valence-electron chi connectivity index (χ0n) is 20.8. The third-order valence-electron chi connectivity index (χ3n) is 6.30. The summed E-state index contributed by atoms with van der Waals surface area (Å²) in [5, 5.41) is 16.5. The van der Waals surface area contributed by atoms with Gasteiger partial charge in [-0.3, -0.25) is 9.69 Å². The van der Waals surface area contributed by atoms with Gasteiger partial charge < -0.3 is 20.3 Å². The molecular formula is C27H33N7O2. The Morgan fingerprint density at radius 1 is 1.25 bits per heavy atom. The minimum atomic E-state index is -0.540. The summed E-state index contributed by atoms with van der Waals surface area (Å²) in [6.07, 6.45) is 3.96. The molecule has 9 heteroatoms. The van der Waals surface area contributed by atoms with Crippen LogP contribution in [0.5, 0.6) is 0 Å². The number of fused-ring (bicyclic) bond motifs is 1. The zero-order chi connectivity index (χ0) is 25.5. The highest BCUT2D eigenvalue weighted by molar-refractivity contribution is 6.03. The number of amidine groups is 1. The lowest BCUT2D eigenvalue weighted by Crippen LogP contribution is -2.39. The molecule has 36 heavy (non-hydrogen) atoms. The number of aromatic nitrogens is 2. The van der Waals surface area contributed by atoms with E-state index in [2.05, 4.69) is 61.5 Å². The topological polar surface area (TPSA) is 107 Å². The second kappa shape index (κ2) is 11.7. The molecule has 3 N–H and O–H groups in total. The number of benzene rings is 1. The Labute approximate surface area is 211 Å². The Morgan fingerprint density at radius 2 is 2.06 bits per heavy atom. The molecule has 0 radical (unpaired) electrons. The van der Waals surface area contributed by atoms with E-state index < -0.39 is 6.10 Å². The van der Waals surface area contributed by atoms with Gasteiger partial charge in [0.25, 0.3) is 0 Å². The van der Waals surface area contributed by atoms with E-state index in [-0.39, 0.29) is 12.5 Å². The maximum absolute atomic E-state index is 11.9. The van der Waals surface area contributed by atoms with E-state index in [1.165, 1.54) is 11.1 Å². The SMILES string of the molecule is C=N/C(=N\c1c(C)ccn1CC(=O)NC)c1ccnc(NCC(O)CN2CCc3ccccc3C2)c1. The van der Waals surface area contributed by atoms with Crippen molar-refractivity contribution < 1.29 is 9.90 Å². The molecule has 1 unspecified atom stereocenters. The van der Waals surface area contributed by atoms with Crippen molar-refractivity contribution in [3.8, 4) is 0 Å². The smallest absolute Gasteiger partial charge is 0.239 e. The molecule has 1 aromatic carbocycles. The maximum atomic E-state index is 11.9. The third-order valence-corrected chi connectivity index (χ3v) is 6.30. The van der Waals surface area contributed by atoms with E-state index in [1.54, 1.807) is 17.8 Å². The van der Waals surface area contributed by atoms with Crippen LogP contribution < -0.4 is 10.6 Å². The van der Waals surface area contributed by atoms with Crippen molar-refractivity contribution in [3.63, 3.8) is 0 Å². The van der Waals surface area contributed by atoms with Gasteiger partial charge in [0.05, 0.1) is 6.10 Å². The maximum Gasteiger partial charge on any atom is 0.239 e. The number of aliphatic hydroxyl groups is 1. The average molecular weight is 488 g/mol. The fraction of sp³-hybridized carbons (Fsp3) is 0.333. The number of anilines is 1. The predicted molar refractivity (Wildman–Crippen MR) is 143 cm³/mol. The van der Waals surface area contributed by atoms with Crippen LogP contribution in [0.2, 0.25) is 0 Å². The molecule has 1 atom stereocenters. The van der Waals surface area contributed by atoms with E-state index in [9.17, 15) is 9.90 Å². The summed E-state index contributed by atoms with van der Waals surface area (Å²) in [5.41, 5.74) is 4.39. The van der Waals surface area contributed by atoms with Crippen LogP contribution in [0.25, 0.3) is 0 Å². The summed E-state index contributed by atoms with van der Waals surface area (Å²) >= 11 is 0. The van der Waals surface area contributed by atoms with E-state index in [1.807, 2.05) is 31.3 Å². The molecule has 188 valence electrons. The van der Waals surface area contributed by atoms with Crippen LogP contribution in [0, 0.1) is 6.92 Å². The number of nitrogens with one attached hydrogen (secondary N) is 2. The molecule has 0 saturated heterocycles. The number of aryl methyl sites for hydroxylation is 1. The number of pyridine rings is 1. The standard InChI is InChI=1S/C27H33N7O2/c1-19-9-13-34(18-25(36)28-2)27(19)32-26(29-3)21-8-11-30-24(14-21)31-15-23(35)17-33-12-10-20-6-4-5-7-22(20)16-33/h4-9,11,13-14,23,35H,3,10,12,15-18H2,1-2H3,(H,28,36)(H,30,31)/b32-26-. The van der Waals surface area contributed by atoms with Gasteiger partial charge in [-0.2, -0.15) is 0 Å². The normalized spacial score (nSPS) is 14.7. The van der Waals surface area contributed by atoms with Crippen molar-refractivity contribution in [1.82, 2.24) is 19.8 Å². The van der Waals surface area contributed by atoms with Crippen LogP contribution >= 0.6 is 0 Å². The van der Waals surface area contributed by atoms with Crippen molar-refractivity contribution >= 4 is 30.1 Å². The van der Waals surface area contributed by atoms with Gasteiger partial charge in [0.2, 0.25) is 5.91 Å². The van der Waals surface area contributed by atoms with Gasteiger partial charge >= 0.3 is 0 Å². The first-order valence-electron chi connectivity index (χ1n) is 12.1. The first kappa shape index (κ1) is 25.3. The molecule has 1 aliphatic rings. The van der Waals surface area contributed by atoms with Gasteiger partial charge in [-0.1, -0.05) is 24.3 Å². The fourth-order valence-corrected chi connectivity index (χ4v) is 4.34. The molecule has 3 heterocycles. The number of rotatable bonds is 9. The molecular weight excluding hydrogens is 454 g/mol. The Bertz CT molecular complexity index is 1250. The summed E-state index contributed by atoms with van der Waals surface area (Å²) in [6, 6.07) is 14.0. The summed E-state index contributed by atoms with van der Waals surface area (Å²) in [6.45, 7) is 8.53. The van der Waals surface area contributed by atoms with Crippen LogP contribution in [0.1, 0.15) is 22.3 Å². The third kappa shape index (κ3) is 6.24. The van der Waals surface area contributed by atoms with Gasteiger partial charge in [-0.15, -0.1) is 0 Å². The van der Waals surface area contributed by atoms with Crippen LogP contribution in [0.3, 0.4) is 0 Å². The molecule has 9 nitrogen and oxygen atoms in total. The lowest BCUT2D eigenvalue weighted by atomic mass is 10.00. The molecule has 1 amide bonds. The number of likely N-dealkylation sites (N-methyl/N-ethyl adjacent to an activating group) is 1. The Hall–Kier alpha value is -3.82. The zero-order valence-corrected chi connectivity index (χ0v) is 20.8. The van der Waals surface area contributed by atoms with Crippen molar-refractivity contribution in [1.29, 1.82) is 0 Å². The molecule has 1 aliphatic heterocycles. The number of hydrogen-bond acceptors (Lipinski definition) is 6. The highest BCUT2D eigenvalue weighted by atomic mass is 16.3. The molecule has 0 bridgehead atoms. The second-order valence-electron chi connectivity index (χ2n) is 8.94. The van der Waals surface area contributed by atoms with Crippen molar-refractivity contribution in [3.05, 3.63) is 77.1 Å². The van der Waals surface area contributed by atoms with Crippen LogP contribution in [-0.4, -0.2) is 70.8 Å². The van der Waals surface area contributed by atoms with Gasteiger partial charge in [-0.05, 0) is 55.0 Å². The number of carbonyl (C=O) groups is 1. The number of hydrogen-bond donors (Lipinski definition) is 3. The Balaban J connectivity index is 1.40. The number of nitrogens with zero attached hydrogens (tertiary/aromatic N) is 5. The number of β-amino-alcohol motifs (C(OH)–C–C–N with tert-alkyl or cyclic N) is 1. The fourth-order valence-electron chi connectivity index (χ4n) is 4.34. The molecule has 0 saturated carbocycles. The number of carbonyl (C=O) groups excluding carboxylic acids is 1. The number of amides is 1. The van der Waals surface area contributed by atoms with E-state index >= 15 is 0 Å². The van der Waals surface area contributed by atoms with Gasteiger partial charge in [0.1, 0.15) is 18.2 Å². The highest BCUT2D eigenvalue weighted by Gasteiger charge is 2.18. The monoisotopic (exact) mass is 487 g/mol. The Kier molecular flexibility index (Phi) is 8.24. The van der Waals surface area contributed by atoms with Gasteiger partial charge in [0, 0.05) is 51.2 Å². The summed E-state index contributed by atoms with van der Waals surface area (Å²) < 4.78 is 1.77. The molecule has 0 fully saturated rings.